The summed E-state index contributed by atoms with van der Waals surface area (Å²) < 4.78 is 2.04. The molecule has 0 saturated carbocycles. The van der Waals surface area contributed by atoms with Crippen LogP contribution < -0.4 is 5.32 Å². The van der Waals surface area contributed by atoms with Crippen LogP contribution in [-0.2, 0) is 11.2 Å². The highest BCUT2D eigenvalue weighted by atomic mass is 32.2. The number of hydrogen-bond donors (Lipinski definition) is 1. The van der Waals surface area contributed by atoms with Crippen molar-refractivity contribution in [2.45, 2.75) is 25.4 Å². The summed E-state index contributed by atoms with van der Waals surface area (Å²) in [7, 11) is 0. The third kappa shape index (κ3) is 4.95. The second-order valence-corrected chi connectivity index (χ2v) is 8.29. The van der Waals surface area contributed by atoms with Gasteiger partial charge in [-0.05, 0) is 29.5 Å². The van der Waals surface area contributed by atoms with E-state index in [4.69, 9.17) is 0 Å². The summed E-state index contributed by atoms with van der Waals surface area (Å²) in [5.41, 5.74) is 1.01. The standard InChI is InChI=1S/C19H22N4OS2/c1-14(2)12-20-18(24)13-26-19-22-21-17(11-16-9-6-10-25-16)23(19)15-7-4-3-5-8-15/h3-10,14H,11-13H2,1-2H3,(H,20,24). The Morgan fingerprint density at radius 3 is 2.69 bits per heavy atom. The lowest BCUT2D eigenvalue weighted by molar-refractivity contribution is -0.118. The average Bonchev–Trinajstić information content (AvgIpc) is 3.29. The van der Waals surface area contributed by atoms with E-state index in [0.717, 1.165) is 23.1 Å². The molecule has 0 aliphatic rings. The Morgan fingerprint density at radius 2 is 2.00 bits per heavy atom. The first kappa shape index (κ1) is 18.7. The van der Waals surface area contributed by atoms with Gasteiger partial charge in [0.2, 0.25) is 5.91 Å². The summed E-state index contributed by atoms with van der Waals surface area (Å²) in [6.45, 7) is 4.85. The van der Waals surface area contributed by atoms with Crippen LogP contribution in [0.2, 0.25) is 0 Å². The first-order valence-corrected chi connectivity index (χ1v) is 10.4. The molecule has 7 heteroatoms. The summed E-state index contributed by atoms with van der Waals surface area (Å²) in [5, 5.41) is 14.5. The second-order valence-electron chi connectivity index (χ2n) is 6.31. The quantitative estimate of drug-likeness (QED) is 0.599. The number of benzene rings is 1. The van der Waals surface area contributed by atoms with E-state index in [0.29, 0.717) is 18.2 Å². The number of hydrogen-bond acceptors (Lipinski definition) is 5. The fourth-order valence-electron chi connectivity index (χ4n) is 2.41. The number of thioether (sulfide) groups is 1. The third-order valence-corrected chi connectivity index (χ3v) is 5.47. The maximum absolute atomic E-state index is 12.0. The molecule has 0 fully saturated rings. The van der Waals surface area contributed by atoms with Crippen molar-refractivity contribution in [2.24, 2.45) is 5.92 Å². The zero-order valence-corrected chi connectivity index (χ0v) is 16.5. The van der Waals surface area contributed by atoms with Crippen molar-refractivity contribution in [3.05, 3.63) is 58.5 Å². The molecule has 0 saturated heterocycles. The number of thiophene rings is 1. The Hall–Kier alpha value is -2.12. The van der Waals surface area contributed by atoms with E-state index >= 15 is 0 Å². The van der Waals surface area contributed by atoms with Crippen LogP contribution in [0.5, 0.6) is 0 Å². The van der Waals surface area contributed by atoms with Crippen LogP contribution >= 0.6 is 23.1 Å². The van der Waals surface area contributed by atoms with Crippen molar-refractivity contribution in [2.75, 3.05) is 12.3 Å². The number of nitrogens with zero attached hydrogens (tertiary/aromatic N) is 3. The molecule has 2 heterocycles. The molecule has 1 N–H and O–H groups in total. The average molecular weight is 387 g/mol. The predicted molar refractivity (Wildman–Crippen MR) is 107 cm³/mol. The van der Waals surface area contributed by atoms with Gasteiger partial charge in [0.1, 0.15) is 5.82 Å². The third-order valence-electron chi connectivity index (χ3n) is 3.67. The number of carbonyl (C=O) groups is 1. The topological polar surface area (TPSA) is 59.8 Å². The minimum atomic E-state index is 0.0196. The zero-order valence-electron chi connectivity index (χ0n) is 14.9. The van der Waals surface area contributed by atoms with Gasteiger partial charge in [-0.25, -0.2) is 0 Å². The first-order chi connectivity index (χ1) is 12.6. The number of carbonyl (C=O) groups excluding carboxylic acids is 1. The number of rotatable bonds is 8. The van der Waals surface area contributed by atoms with Gasteiger partial charge in [-0.3, -0.25) is 9.36 Å². The Labute approximate surface area is 161 Å². The van der Waals surface area contributed by atoms with Crippen LogP contribution in [0.3, 0.4) is 0 Å². The second kappa shape index (κ2) is 9.00. The van der Waals surface area contributed by atoms with Gasteiger partial charge in [0.25, 0.3) is 0 Å². The lowest BCUT2D eigenvalue weighted by atomic mass is 10.2. The summed E-state index contributed by atoms with van der Waals surface area (Å²) in [6.07, 6.45) is 0.722. The van der Waals surface area contributed by atoms with Crippen LogP contribution in [0, 0.1) is 5.92 Å². The van der Waals surface area contributed by atoms with E-state index in [1.807, 2.05) is 41.0 Å². The van der Waals surface area contributed by atoms with Crippen molar-refractivity contribution in [1.82, 2.24) is 20.1 Å². The van der Waals surface area contributed by atoms with E-state index < -0.39 is 0 Å². The van der Waals surface area contributed by atoms with E-state index in [1.165, 1.54) is 16.6 Å². The van der Waals surface area contributed by atoms with Crippen molar-refractivity contribution in [1.29, 1.82) is 0 Å². The van der Waals surface area contributed by atoms with Crippen molar-refractivity contribution in [3.8, 4) is 5.69 Å². The molecule has 0 bridgehead atoms. The molecule has 0 spiro atoms. The van der Waals surface area contributed by atoms with E-state index in [1.54, 1.807) is 11.3 Å². The van der Waals surface area contributed by atoms with E-state index in [-0.39, 0.29) is 5.91 Å². The van der Waals surface area contributed by atoms with Crippen LogP contribution in [0.25, 0.3) is 5.69 Å². The van der Waals surface area contributed by atoms with Gasteiger partial charge in [0.05, 0.1) is 5.75 Å². The molecule has 1 aromatic carbocycles. The number of aromatic nitrogens is 3. The Kier molecular flexibility index (Phi) is 6.46. The van der Waals surface area contributed by atoms with E-state index in [9.17, 15) is 4.79 Å². The molecule has 0 aliphatic heterocycles. The monoisotopic (exact) mass is 386 g/mol. The van der Waals surface area contributed by atoms with Crippen LogP contribution in [0.15, 0.2) is 53.0 Å². The molecular weight excluding hydrogens is 364 g/mol. The van der Waals surface area contributed by atoms with Crippen molar-refractivity contribution in [3.63, 3.8) is 0 Å². The highest BCUT2D eigenvalue weighted by Crippen LogP contribution is 2.24. The molecule has 3 rings (SSSR count). The largest absolute Gasteiger partial charge is 0.355 e. The molecule has 0 radical (unpaired) electrons. The SMILES string of the molecule is CC(C)CNC(=O)CSc1nnc(Cc2cccs2)n1-c1ccccc1. The van der Waals surface area contributed by atoms with E-state index in [2.05, 4.69) is 40.8 Å². The lowest BCUT2D eigenvalue weighted by Gasteiger charge is -2.10. The number of amides is 1. The molecule has 0 unspecified atom stereocenters. The van der Waals surface area contributed by atoms with Crippen molar-refractivity contribution >= 4 is 29.0 Å². The minimum absolute atomic E-state index is 0.0196. The molecule has 2 aromatic heterocycles. The lowest BCUT2D eigenvalue weighted by Crippen LogP contribution is -2.28. The van der Waals surface area contributed by atoms with Gasteiger partial charge in [0.15, 0.2) is 5.16 Å². The normalized spacial score (nSPS) is 11.0. The predicted octanol–water partition coefficient (Wildman–Crippen LogP) is 3.78. The Bertz CT molecular complexity index is 829. The Balaban J connectivity index is 1.79. The molecule has 136 valence electrons. The summed E-state index contributed by atoms with van der Waals surface area (Å²) in [4.78, 5) is 13.3. The molecule has 3 aromatic rings. The molecule has 26 heavy (non-hydrogen) atoms. The van der Waals surface area contributed by atoms with Gasteiger partial charge in [-0.15, -0.1) is 21.5 Å². The molecular formula is C19H22N4OS2. The summed E-state index contributed by atoms with van der Waals surface area (Å²) in [5.74, 6) is 1.67. The smallest absolute Gasteiger partial charge is 0.230 e. The zero-order chi connectivity index (χ0) is 18.4. The molecule has 0 aliphatic carbocycles. The number of para-hydroxylation sites is 1. The fraction of sp³-hybridized carbons (Fsp3) is 0.316. The summed E-state index contributed by atoms with van der Waals surface area (Å²) in [6, 6.07) is 14.2. The first-order valence-electron chi connectivity index (χ1n) is 8.55. The van der Waals surface area contributed by atoms with Crippen LogP contribution in [0.4, 0.5) is 0 Å². The van der Waals surface area contributed by atoms with Gasteiger partial charge in [-0.2, -0.15) is 0 Å². The van der Waals surface area contributed by atoms with Crippen molar-refractivity contribution < 1.29 is 4.79 Å². The van der Waals surface area contributed by atoms with Gasteiger partial charge in [0, 0.05) is 23.5 Å². The van der Waals surface area contributed by atoms with Gasteiger partial charge < -0.3 is 5.32 Å². The van der Waals surface area contributed by atoms with Crippen LogP contribution in [0.1, 0.15) is 24.5 Å². The van der Waals surface area contributed by atoms with Crippen LogP contribution in [-0.4, -0.2) is 33.0 Å². The van der Waals surface area contributed by atoms with Gasteiger partial charge in [-0.1, -0.05) is 49.9 Å². The Morgan fingerprint density at radius 1 is 1.19 bits per heavy atom. The summed E-state index contributed by atoms with van der Waals surface area (Å²) >= 11 is 3.12. The maximum Gasteiger partial charge on any atom is 0.230 e. The highest BCUT2D eigenvalue weighted by Gasteiger charge is 2.16. The minimum Gasteiger partial charge on any atom is -0.355 e. The maximum atomic E-state index is 12.0. The molecule has 1 amide bonds. The molecule has 0 atom stereocenters. The molecule has 5 nitrogen and oxygen atoms in total. The highest BCUT2D eigenvalue weighted by molar-refractivity contribution is 7.99. The van der Waals surface area contributed by atoms with Gasteiger partial charge >= 0.3 is 0 Å². The number of nitrogens with one attached hydrogen (secondary N) is 1. The fourth-order valence-corrected chi connectivity index (χ4v) is 3.91.